The SMILES string of the molecule is CN=C(NCCc1nc(C(C)(C)C)cs1)NC1CCN(Cc2ccccc2)CC1.I. The molecule has 1 saturated heterocycles. The molecule has 166 valence electrons. The number of rotatable bonds is 6. The van der Waals surface area contributed by atoms with Crippen molar-refractivity contribution in [1.82, 2.24) is 20.5 Å². The molecular formula is C23H36IN5S. The second kappa shape index (κ2) is 12.0. The van der Waals surface area contributed by atoms with Gasteiger partial charge in [-0.15, -0.1) is 35.3 Å². The maximum absolute atomic E-state index is 4.78. The van der Waals surface area contributed by atoms with Gasteiger partial charge in [0, 0.05) is 56.5 Å². The molecule has 30 heavy (non-hydrogen) atoms. The van der Waals surface area contributed by atoms with Gasteiger partial charge in [-0.25, -0.2) is 4.98 Å². The van der Waals surface area contributed by atoms with E-state index < -0.39 is 0 Å². The van der Waals surface area contributed by atoms with Crippen molar-refractivity contribution in [3.05, 3.63) is 52.0 Å². The van der Waals surface area contributed by atoms with Crippen molar-refractivity contribution in [1.29, 1.82) is 0 Å². The van der Waals surface area contributed by atoms with Gasteiger partial charge in [-0.2, -0.15) is 0 Å². The summed E-state index contributed by atoms with van der Waals surface area (Å²) in [6.07, 6.45) is 3.22. The lowest BCUT2D eigenvalue weighted by molar-refractivity contribution is 0.198. The predicted molar refractivity (Wildman–Crippen MR) is 139 cm³/mol. The lowest BCUT2D eigenvalue weighted by atomic mass is 9.93. The molecule has 0 radical (unpaired) electrons. The predicted octanol–water partition coefficient (Wildman–Crippen LogP) is 4.43. The van der Waals surface area contributed by atoms with Crippen LogP contribution < -0.4 is 10.6 Å². The van der Waals surface area contributed by atoms with Gasteiger partial charge in [0.1, 0.15) is 0 Å². The zero-order chi connectivity index (χ0) is 20.7. The van der Waals surface area contributed by atoms with Crippen LogP contribution in [0.2, 0.25) is 0 Å². The van der Waals surface area contributed by atoms with Crippen LogP contribution in [0, 0.1) is 0 Å². The van der Waals surface area contributed by atoms with E-state index in [2.05, 4.69) is 77.0 Å². The summed E-state index contributed by atoms with van der Waals surface area (Å²) in [5.41, 5.74) is 2.70. The summed E-state index contributed by atoms with van der Waals surface area (Å²) in [5.74, 6) is 0.902. The molecule has 2 aromatic rings. The Morgan fingerprint density at radius 2 is 1.90 bits per heavy atom. The van der Waals surface area contributed by atoms with Crippen molar-refractivity contribution >= 4 is 41.3 Å². The van der Waals surface area contributed by atoms with E-state index in [1.165, 1.54) is 16.3 Å². The number of guanidine groups is 1. The van der Waals surface area contributed by atoms with Crippen LogP contribution in [0.3, 0.4) is 0 Å². The number of aromatic nitrogens is 1. The van der Waals surface area contributed by atoms with Crippen LogP contribution in [0.1, 0.15) is 49.9 Å². The molecular weight excluding hydrogens is 505 g/mol. The van der Waals surface area contributed by atoms with Gasteiger partial charge in [0.2, 0.25) is 0 Å². The minimum atomic E-state index is 0. The second-order valence-corrected chi connectivity index (χ2v) is 9.75. The van der Waals surface area contributed by atoms with Crippen molar-refractivity contribution in [2.45, 2.75) is 58.0 Å². The van der Waals surface area contributed by atoms with Gasteiger partial charge < -0.3 is 10.6 Å². The van der Waals surface area contributed by atoms with Crippen molar-refractivity contribution < 1.29 is 0 Å². The molecule has 3 rings (SSSR count). The maximum atomic E-state index is 4.78. The Hall–Kier alpha value is -1.19. The summed E-state index contributed by atoms with van der Waals surface area (Å²) in [6, 6.07) is 11.2. The van der Waals surface area contributed by atoms with Crippen molar-refractivity contribution in [3.63, 3.8) is 0 Å². The molecule has 0 unspecified atom stereocenters. The fraction of sp³-hybridized carbons (Fsp3) is 0.565. The number of likely N-dealkylation sites (tertiary alicyclic amines) is 1. The molecule has 5 nitrogen and oxygen atoms in total. The van der Waals surface area contributed by atoms with E-state index in [1.54, 1.807) is 11.3 Å². The molecule has 0 spiro atoms. The highest BCUT2D eigenvalue weighted by Gasteiger charge is 2.20. The number of nitrogens with zero attached hydrogens (tertiary/aromatic N) is 3. The first-order chi connectivity index (χ1) is 13.9. The molecule has 0 amide bonds. The number of thiazole rings is 1. The van der Waals surface area contributed by atoms with Gasteiger partial charge in [0.15, 0.2) is 5.96 Å². The summed E-state index contributed by atoms with van der Waals surface area (Å²) >= 11 is 1.76. The molecule has 1 aromatic heterocycles. The number of piperidine rings is 1. The van der Waals surface area contributed by atoms with Crippen LogP contribution in [0.4, 0.5) is 0 Å². The quantitative estimate of drug-likeness (QED) is 0.323. The zero-order valence-electron chi connectivity index (χ0n) is 18.6. The summed E-state index contributed by atoms with van der Waals surface area (Å²) in [7, 11) is 1.85. The van der Waals surface area contributed by atoms with Crippen LogP contribution >= 0.6 is 35.3 Å². The molecule has 1 aliphatic heterocycles. The molecule has 0 atom stereocenters. The Balaban J connectivity index is 0.00000320. The normalized spacial score (nSPS) is 16.2. The van der Waals surface area contributed by atoms with E-state index in [0.717, 1.165) is 51.4 Å². The molecule has 1 fully saturated rings. The van der Waals surface area contributed by atoms with Crippen LogP contribution in [-0.4, -0.2) is 48.6 Å². The Morgan fingerprint density at radius 1 is 1.20 bits per heavy atom. The van der Waals surface area contributed by atoms with Crippen LogP contribution in [-0.2, 0) is 18.4 Å². The molecule has 0 aliphatic carbocycles. The molecule has 2 heterocycles. The Kier molecular flexibility index (Phi) is 10.0. The highest BCUT2D eigenvalue weighted by atomic mass is 127. The van der Waals surface area contributed by atoms with Gasteiger partial charge in [-0.1, -0.05) is 51.1 Å². The average Bonchev–Trinajstić information content (AvgIpc) is 3.19. The lowest BCUT2D eigenvalue weighted by Crippen LogP contribution is -2.48. The van der Waals surface area contributed by atoms with Crippen LogP contribution in [0.15, 0.2) is 40.7 Å². The molecule has 2 N–H and O–H groups in total. The van der Waals surface area contributed by atoms with E-state index >= 15 is 0 Å². The van der Waals surface area contributed by atoms with Gasteiger partial charge in [0.25, 0.3) is 0 Å². The maximum Gasteiger partial charge on any atom is 0.191 e. The Labute approximate surface area is 202 Å². The minimum absolute atomic E-state index is 0. The fourth-order valence-electron chi connectivity index (χ4n) is 3.52. The summed E-state index contributed by atoms with van der Waals surface area (Å²) in [4.78, 5) is 11.7. The largest absolute Gasteiger partial charge is 0.356 e. The van der Waals surface area contributed by atoms with Gasteiger partial charge in [0.05, 0.1) is 10.7 Å². The highest BCUT2D eigenvalue weighted by Crippen LogP contribution is 2.23. The average molecular weight is 542 g/mol. The highest BCUT2D eigenvalue weighted by molar-refractivity contribution is 14.0. The minimum Gasteiger partial charge on any atom is -0.356 e. The lowest BCUT2D eigenvalue weighted by Gasteiger charge is -2.33. The number of benzene rings is 1. The van der Waals surface area contributed by atoms with E-state index in [0.29, 0.717) is 6.04 Å². The smallest absolute Gasteiger partial charge is 0.191 e. The second-order valence-electron chi connectivity index (χ2n) is 8.81. The first kappa shape index (κ1) is 25.1. The standard InChI is InChI=1S/C23H35N5S.HI/c1-23(2,3)20-17-29-21(27-20)10-13-25-22(24-4)26-19-11-14-28(15-12-19)16-18-8-6-5-7-9-18;/h5-9,17,19H,10-16H2,1-4H3,(H2,24,25,26);1H. The summed E-state index contributed by atoms with van der Waals surface area (Å²) < 4.78 is 0. The number of hydrogen-bond acceptors (Lipinski definition) is 4. The molecule has 1 aromatic carbocycles. The Morgan fingerprint density at radius 3 is 2.50 bits per heavy atom. The Bertz CT molecular complexity index is 776. The topological polar surface area (TPSA) is 52.6 Å². The van der Waals surface area contributed by atoms with E-state index in [1.807, 2.05) is 7.05 Å². The number of hydrogen-bond donors (Lipinski definition) is 2. The van der Waals surface area contributed by atoms with Gasteiger partial charge >= 0.3 is 0 Å². The molecule has 1 aliphatic rings. The summed E-state index contributed by atoms with van der Waals surface area (Å²) in [6.45, 7) is 10.8. The van der Waals surface area contributed by atoms with E-state index in [9.17, 15) is 0 Å². The third kappa shape index (κ3) is 7.81. The van der Waals surface area contributed by atoms with Crippen molar-refractivity contribution in [3.8, 4) is 0 Å². The summed E-state index contributed by atoms with van der Waals surface area (Å²) in [5, 5.41) is 10.4. The number of aliphatic imine (C=N–C) groups is 1. The molecule has 0 saturated carbocycles. The third-order valence-electron chi connectivity index (χ3n) is 5.35. The molecule has 7 heteroatoms. The number of nitrogens with one attached hydrogen (secondary N) is 2. The van der Waals surface area contributed by atoms with Crippen LogP contribution in [0.25, 0.3) is 0 Å². The van der Waals surface area contributed by atoms with Crippen LogP contribution in [0.5, 0.6) is 0 Å². The zero-order valence-corrected chi connectivity index (χ0v) is 21.8. The van der Waals surface area contributed by atoms with Crippen molar-refractivity contribution in [2.75, 3.05) is 26.7 Å². The first-order valence-electron chi connectivity index (χ1n) is 10.6. The molecule has 0 bridgehead atoms. The number of halogens is 1. The van der Waals surface area contributed by atoms with Gasteiger partial charge in [-0.3, -0.25) is 9.89 Å². The monoisotopic (exact) mass is 541 g/mol. The van der Waals surface area contributed by atoms with Crippen molar-refractivity contribution in [2.24, 2.45) is 4.99 Å². The fourth-order valence-corrected chi connectivity index (χ4v) is 4.55. The third-order valence-corrected chi connectivity index (χ3v) is 6.26. The van der Waals surface area contributed by atoms with E-state index in [-0.39, 0.29) is 29.4 Å². The first-order valence-corrected chi connectivity index (χ1v) is 11.5. The van der Waals surface area contributed by atoms with Gasteiger partial charge in [-0.05, 0) is 18.4 Å². The van der Waals surface area contributed by atoms with E-state index in [4.69, 9.17) is 4.98 Å².